The Kier molecular flexibility index (Phi) is 8.48. The average Bonchev–Trinajstić information content (AvgIpc) is 3.12. The van der Waals surface area contributed by atoms with Gasteiger partial charge in [-0.1, -0.05) is 52.8 Å². The van der Waals surface area contributed by atoms with E-state index >= 15 is 0 Å². The number of nitrogens with one attached hydrogen (secondary N) is 1. The quantitative estimate of drug-likeness (QED) is 0.271. The molecule has 0 aliphatic carbocycles. The van der Waals surface area contributed by atoms with Crippen molar-refractivity contribution in [2.45, 2.75) is 89.1 Å². The van der Waals surface area contributed by atoms with Crippen LogP contribution in [-0.4, -0.2) is 23.3 Å². The molecule has 0 saturated heterocycles. The van der Waals surface area contributed by atoms with Crippen molar-refractivity contribution < 1.29 is 12.8 Å². The molecule has 1 N–H and O–H groups in total. The second kappa shape index (κ2) is 10.1. The van der Waals surface area contributed by atoms with Crippen molar-refractivity contribution in [3.05, 3.63) is 58.5 Å². The van der Waals surface area contributed by atoms with Crippen LogP contribution in [-0.2, 0) is 15.4 Å². The Hall–Kier alpha value is -1.41. The topological polar surface area (TPSA) is 55.4 Å². The van der Waals surface area contributed by atoms with E-state index in [0.29, 0.717) is 4.21 Å². The Morgan fingerprint density at radius 1 is 1.09 bits per heavy atom. The van der Waals surface area contributed by atoms with E-state index in [1.54, 1.807) is 6.08 Å². The molecule has 0 spiro atoms. The first-order valence-electron chi connectivity index (χ1n) is 11.7. The highest BCUT2D eigenvalue weighted by molar-refractivity contribution is 7.91. The molecule has 0 saturated carbocycles. The van der Waals surface area contributed by atoms with Gasteiger partial charge in [-0.05, 0) is 73.6 Å². The Bertz CT molecular complexity index is 1090. The number of sulfonamides is 1. The first-order valence-corrected chi connectivity index (χ1v) is 16.9. The van der Waals surface area contributed by atoms with Gasteiger partial charge in [0, 0.05) is 16.8 Å². The fourth-order valence-electron chi connectivity index (χ4n) is 3.84. The highest BCUT2D eigenvalue weighted by Gasteiger charge is 2.40. The molecule has 4 nitrogen and oxygen atoms in total. The molecular weight excluding hydrogens is 467 g/mol. The number of hydrogen-bond acceptors (Lipinski definition) is 4. The van der Waals surface area contributed by atoms with Crippen LogP contribution < -0.4 is 9.15 Å². The fourth-order valence-corrected chi connectivity index (χ4v) is 8.02. The van der Waals surface area contributed by atoms with E-state index in [-0.39, 0.29) is 17.0 Å². The highest BCUT2D eigenvalue weighted by Crippen LogP contribution is 2.46. The maximum atomic E-state index is 12.8. The Morgan fingerprint density at radius 2 is 1.70 bits per heavy atom. The lowest BCUT2D eigenvalue weighted by Crippen LogP contribution is -2.44. The van der Waals surface area contributed by atoms with Crippen LogP contribution in [0.3, 0.4) is 0 Å². The second-order valence-electron chi connectivity index (χ2n) is 10.4. The SMILES string of the molecule is C=CCNS(=O)(=O)c1sc(C(CC)(CC)c2ccc(O[Si](C)(C)C(C)(C)C)c(C)c2)cc1C. The van der Waals surface area contributed by atoms with E-state index in [4.69, 9.17) is 4.43 Å². The molecule has 2 aromatic rings. The third-order valence-corrected chi connectivity index (χ3v) is 15.0. The predicted octanol–water partition coefficient (Wildman–Crippen LogP) is 7.32. The third kappa shape index (κ3) is 5.64. The van der Waals surface area contributed by atoms with E-state index in [1.807, 2.05) is 6.92 Å². The van der Waals surface area contributed by atoms with Crippen LogP contribution in [0, 0.1) is 13.8 Å². The normalized spacial score (nSPS) is 13.2. The highest BCUT2D eigenvalue weighted by atomic mass is 32.2. The number of hydrogen-bond donors (Lipinski definition) is 1. The Morgan fingerprint density at radius 3 is 2.18 bits per heavy atom. The summed E-state index contributed by atoms with van der Waals surface area (Å²) in [4.78, 5) is 1.08. The predicted molar refractivity (Wildman–Crippen MR) is 145 cm³/mol. The van der Waals surface area contributed by atoms with Crippen LogP contribution in [0.4, 0.5) is 0 Å². The Labute approximate surface area is 206 Å². The molecule has 0 amide bonds. The van der Waals surface area contributed by atoms with Crippen LogP contribution in [0.5, 0.6) is 5.75 Å². The molecule has 0 unspecified atom stereocenters. The van der Waals surface area contributed by atoms with E-state index in [9.17, 15) is 8.42 Å². The molecule has 0 atom stereocenters. The van der Waals surface area contributed by atoms with Crippen LogP contribution in [0.1, 0.15) is 69.0 Å². The van der Waals surface area contributed by atoms with Crippen molar-refractivity contribution in [3.8, 4) is 5.75 Å². The average molecular weight is 508 g/mol. The van der Waals surface area contributed by atoms with Crippen molar-refractivity contribution >= 4 is 29.7 Å². The minimum Gasteiger partial charge on any atom is -0.543 e. The minimum atomic E-state index is -3.56. The fraction of sp³-hybridized carbons (Fsp3) is 0.538. The summed E-state index contributed by atoms with van der Waals surface area (Å²) < 4.78 is 35.2. The monoisotopic (exact) mass is 507 g/mol. The van der Waals surface area contributed by atoms with Gasteiger partial charge in [0.2, 0.25) is 8.32 Å². The minimum absolute atomic E-state index is 0.130. The molecule has 0 fully saturated rings. The van der Waals surface area contributed by atoms with Crippen LogP contribution in [0.15, 0.2) is 41.1 Å². The van der Waals surface area contributed by atoms with E-state index in [0.717, 1.165) is 34.6 Å². The Balaban J connectivity index is 2.54. The lowest BCUT2D eigenvalue weighted by molar-refractivity contribution is 0.477. The summed E-state index contributed by atoms with van der Waals surface area (Å²) in [6.07, 6.45) is 3.32. The van der Waals surface area contributed by atoms with Crippen LogP contribution >= 0.6 is 11.3 Å². The van der Waals surface area contributed by atoms with E-state index < -0.39 is 18.3 Å². The molecule has 33 heavy (non-hydrogen) atoms. The van der Waals surface area contributed by atoms with Gasteiger partial charge in [-0.25, -0.2) is 13.1 Å². The first-order chi connectivity index (χ1) is 15.1. The summed E-state index contributed by atoms with van der Waals surface area (Å²) in [5, 5.41) is 0.130. The maximum Gasteiger partial charge on any atom is 0.250 e. The smallest absolute Gasteiger partial charge is 0.250 e. The molecule has 1 heterocycles. The second-order valence-corrected chi connectivity index (χ2v) is 18.1. The van der Waals surface area contributed by atoms with Gasteiger partial charge in [-0.3, -0.25) is 0 Å². The molecule has 2 rings (SSSR count). The van der Waals surface area contributed by atoms with Gasteiger partial charge in [0.05, 0.1) is 0 Å². The van der Waals surface area contributed by atoms with E-state index in [2.05, 4.69) is 90.2 Å². The van der Waals surface area contributed by atoms with Crippen molar-refractivity contribution in [3.63, 3.8) is 0 Å². The zero-order valence-electron chi connectivity index (χ0n) is 21.8. The molecule has 7 heteroatoms. The first kappa shape index (κ1) is 27.8. The van der Waals surface area contributed by atoms with Gasteiger partial charge < -0.3 is 4.43 Å². The van der Waals surface area contributed by atoms with Crippen molar-refractivity contribution in [2.24, 2.45) is 0 Å². The molecule has 0 aliphatic heterocycles. The van der Waals surface area contributed by atoms with Gasteiger partial charge in [0.15, 0.2) is 0 Å². The molecule has 0 bridgehead atoms. The summed E-state index contributed by atoms with van der Waals surface area (Å²) >= 11 is 1.38. The van der Waals surface area contributed by atoms with Crippen LogP contribution in [0.25, 0.3) is 0 Å². The van der Waals surface area contributed by atoms with E-state index in [1.165, 1.54) is 16.9 Å². The molecule has 0 radical (unpaired) electrons. The molecular formula is C26H41NO3S2Si. The summed E-state index contributed by atoms with van der Waals surface area (Å²) in [5.74, 6) is 0.950. The van der Waals surface area contributed by atoms with Gasteiger partial charge in [-0.15, -0.1) is 17.9 Å². The van der Waals surface area contributed by atoms with Crippen molar-refractivity contribution in [1.29, 1.82) is 0 Å². The maximum absolute atomic E-state index is 12.8. The largest absolute Gasteiger partial charge is 0.543 e. The van der Waals surface area contributed by atoms with Gasteiger partial charge in [0.25, 0.3) is 10.0 Å². The molecule has 0 aliphatic rings. The number of thiophene rings is 1. The zero-order chi connectivity index (χ0) is 25.2. The number of benzene rings is 1. The summed E-state index contributed by atoms with van der Waals surface area (Å²) in [6, 6.07) is 8.56. The van der Waals surface area contributed by atoms with Crippen LogP contribution in [0.2, 0.25) is 18.1 Å². The third-order valence-electron chi connectivity index (χ3n) is 7.11. The molecule has 1 aromatic heterocycles. The van der Waals surface area contributed by atoms with Crippen molar-refractivity contribution in [2.75, 3.05) is 6.54 Å². The van der Waals surface area contributed by atoms with Gasteiger partial charge in [0.1, 0.15) is 9.96 Å². The number of rotatable bonds is 10. The summed E-state index contributed by atoms with van der Waals surface area (Å²) in [5.41, 5.74) is 2.86. The molecule has 184 valence electrons. The summed E-state index contributed by atoms with van der Waals surface area (Å²) in [6.45, 7) is 23.4. The molecule has 1 aromatic carbocycles. The van der Waals surface area contributed by atoms with Crippen molar-refractivity contribution in [1.82, 2.24) is 4.72 Å². The zero-order valence-corrected chi connectivity index (χ0v) is 24.4. The van der Waals surface area contributed by atoms with Gasteiger partial charge in [-0.2, -0.15) is 0 Å². The number of aryl methyl sites for hydroxylation is 2. The lowest BCUT2D eigenvalue weighted by Gasteiger charge is -2.37. The standard InChI is InChI=1S/C26H41NO3S2Si/c1-11-16-27-32(28,29)24-20(5)18-23(31-24)26(12-2,13-3)21-14-15-22(19(4)17-21)30-33(9,10)25(6,7)8/h11,14-15,17-18,27H,1,12-13,16H2,2-10H3. The van der Waals surface area contributed by atoms with Gasteiger partial charge >= 0.3 is 0 Å². The lowest BCUT2D eigenvalue weighted by atomic mass is 9.74. The summed E-state index contributed by atoms with van der Waals surface area (Å²) in [7, 11) is -5.49.